The van der Waals surface area contributed by atoms with Crippen LogP contribution in [0.15, 0.2) is 40.6 Å². The summed E-state index contributed by atoms with van der Waals surface area (Å²) in [5, 5.41) is 2.04. The monoisotopic (exact) mass is 277 g/mol. The van der Waals surface area contributed by atoms with E-state index in [4.69, 9.17) is 0 Å². The molecule has 2 aromatic rings. The van der Waals surface area contributed by atoms with Crippen LogP contribution in [0.3, 0.4) is 0 Å². The summed E-state index contributed by atoms with van der Waals surface area (Å²) in [5.41, 5.74) is 2.28. The first-order chi connectivity index (χ1) is 8.61. The van der Waals surface area contributed by atoms with Crippen molar-refractivity contribution in [2.45, 2.75) is 4.90 Å². The van der Waals surface area contributed by atoms with Gasteiger partial charge in [0, 0.05) is 19.0 Å². The lowest BCUT2D eigenvalue weighted by Gasteiger charge is -2.07. The molecule has 18 heavy (non-hydrogen) atoms. The first-order valence-corrected chi connectivity index (χ1v) is 7.67. The highest BCUT2D eigenvalue weighted by Gasteiger charge is 2.11. The summed E-state index contributed by atoms with van der Waals surface area (Å²) in [6.45, 7) is 0. The smallest absolute Gasteiger partial charge is 0.263 e. The van der Waals surface area contributed by atoms with Gasteiger partial charge < -0.3 is 4.90 Å². The first kappa shape index (κ1) is 13.2. The van der Waals surface area contributed by atoms with E-state index in [1.807, 2.05) is 17.5 Å². The van der Waals surface area contributed by atoms with E-state index >= 15 is 0 Å². The van der Waals surface area contributed by atoms with Gasteiger partial charge in [0.1, 0.15) is 0 Å². The van der Waals surface area contributed by atoms with Crippen LogP contribution < -0.4 is 0 Å². The zero-order valence-corrected chi connectivity index (χ0v) is 12.3. The molecule has 0 N–H and O–H groups in total. The zero-order valence-electron chi connectivity index (χ0n) is 10.6. The van der Waals surface area contributed by atoms with E-state index in [9.17, 15) is 4.79 Å². The van der Waals surface area contributed by atoms with E-state index < -0.39 is 0 Å². The van der Waals surface area contributed by atoms with Crippen LogP contribution in [0.1, 0.15) is 9.67 Å². The summed E-state index contributed by atoms with van der Waals surface area (Å²) in [4.78, 5) is 15.5. The van der Waals surface area contributed by atoms with Crippen LogP contribution in [0.25, 0.3) is 11.1 Å². The van der Waals surface area contributed by atoms with Crippen LogP contribution in [-0.4, -0.2) is 31.2 Å². The molecular formula is C14H15NOS2. The minimum atomic E-state index is 0.0623. The molecule has 0 fully saturated rings. The van der Waals surface area contributed by atoms with Crippen molar-refractivity contribution in [3.63, 3.8) is 0 Å². The highest BCUT2D eigenvalue weighted by Crippen LogP contribution is 2.28. The Bertz CT molecular complexity index is 560. The number of carbonyl (C=O) groups excluding carboxylic acids is 1. The molecule has 0 aliphatic heterocycles. The molecule has 4 heteroatoms. The molecule has 2 rings (SSSR count). The summed E-state index contributed by atoms with van der Waals surface area (Å²) in [6, 6.07) is 10.3. The Morgan fingerprint density at radius 3 is 2.67 bits per heavy atom. The molecule has 0 atom stereocenters. The second-order valence-electron chi connectivity index (χ2n) is 4.13. The fourth-order valence-electron chi connectivity index (χ4n) is 1.62. The SMILES string of the molecule is CSc1cccc(-c2csc(C(=O)N(C)C)c2)c1. The Morgan fingerprint density at radius 2 is 2.00 bits per heavy atom. The Kier molecular flexibility index (Phi) is 4.09. The summed E-state index contributed by atoms with van der Waals surface area (Å²) in [6.07, 6.45) is 2.06. The van der Waals surface area contributed by atoms with Crippen molar-refractivity contribution in [1.29, 1.82) is 0 Å². The van der Waals surface area contributed by atoms with E-state index in [0.29, 0.717) is 0 Å². The number of nitrogens with zero attached hydrogens (tertiary/aromatic N) is 1. The van der Waals surface area contributed by atoms with E-state index in [1.54, 1.807) is 30.8 Å². The normalized spacial score (nSPS) is 10.4. The van der Waals surface area contributed by atoms with E-state index in [1.165, 1.54) is 16.2 Å². The minimum absolute atomic E-state index is 0.0623. The molecule has 0 aliphatic carbocycles. The molecule has 2 nitrogen and oxygen atoms in total. The van der Waals surface area contributed by atoms with Crippen molar-refractivity contribution < 1.29 is 4.79 Å². The van der Waals surface area contributed by atoms with Crippen molar-refractivity contribution in [3.05, 3.63) is 40.6 Å². The van der Waals surface area contributed by atoms with Crippen LogP contribution in [0, 0.1) is 0 Å². The Balaban J connectivity index is 2.32. The maximum atomic E-state index is 11.8. The van der Waals surface area contributed by atoms with Crippen molar-refractivity contribution in [3.8, 4) is 11.1 Å². The summed E-state index contributed by atoms with van der Waals surface area (Å²) in [7, 11) is 3.55. The van der Waals surface area contributed by atoms with Crippen molar-refractivity contribution in [2.75, 3.05) is 20.4 Å². The lowest BCUT2D eigenvalue weighted by atomic mass is 10.1. The first-order valence-electron chi connectivity index (χ1n) is 5.56. The van der Waals surface area contributed by atoms with Crippen LogP contribution in [-0.2, 0) is 0 Å². The second kappa shape index (κ2) is 5.59. The molecule has 1 aromatic heterocycles. The van der Waals surface area contributed by atoms with Gasteiger partial charge in [0.2, 0.25) is 0 Å². The highest BCUT2D eigenvalue weighted by molar-refractivity contribution is 7.98. The summed E-state index contributed by atoms with van der Waals surface area (Å²) >= 11 is 3.22. The average molecular weight is 277 g/mol. The number of hydrogen-bond acceptors (Lipinski definition) is 3. The molecule has 0 bridgehead atoms. The lowest BCUT2D eigenvalue weighted by molar-refractivity contribution is 0.0832. The van der Waals surface area contributed by atoms with Gasteiger partial charge in [0.15, 0.2) is 0 Å². The topological polar surface area (TPSA) is 20.3 Å². The third-order valence-electron chi connectivity index (χ3n) is 2.62. The van der Waals surface area contributed by atoms with Crippen molar-refractivity contribution in [1.82, 2.24) is 4.90 Å². The minimum Gasteiger partial charge on any atom is -0.344 e. The largest absolute Gasteiger partial charge is 0.344 e. The van der Waals surface area contributed by atoms with Gasteiger partial charge in [-0.15, -0.1) is 23.1 Å². The van der Waals surface area contributed by atoms with Crippen LogP contribution in [0.2, 0.25) is 0 Å². The fraction of sp³-hybridized carbons (Fsp3) is 0.214. The molecule has 0 saturated carbocycles. The van der Waals surface area contributed by atoms with Crippen molar-refractivity contribution >= 4 is 29.0 Å². The van der Waals surface area contributed by atoms with Gasteiger partial charge >= 0.3 is 0 Å². The van der Waals surface area contributed by atoms with Crippen LogP contribution in [0.4, 0.5) is 0 Å². The van der Waals surface area contributed by atoms with Gasteiger partial charge in [-0.2, -0.15) is 0 Å². The quantitative estimate of drug-likeness (QED) is 0.795. The van der Waals surface area contributed by atoms with Gasteiger partial charge in [0.25, 0.3) is 5.91 Å². The predicted molar refractivity (Wildman–Crippen MR) is 79.6 cm³/mol. The third-order valence-corrected chi connectivity index (χ3v) is 4.26. The van der Waals surface area contributed by atoms with Gasteiger partial charge in [-0.1, -0.05) is 12.1 Å². The molecule has 1 aromatic carbocycles. The Morgan fingerprint density at radius 1 is 1.22 bits per heavy atom. The van der Waals surface area contributed by atoms with Crippen molar-refractivity contribution in [2.24, 2.45) is 0 Å². The van der Waals surface area contributed by atoms with Gasteiger partial charge in [-0.3, -0.25) is 4.79 Å². The number of hydrogen-bond donors (Lipinski definition) is 0. The van der Waals surface area contributed by atoms with Gasteiger partial charge in [-0.25, -0.2) is 0 Å². The lowest BCUT2D eigenvalue weighted by Crippen LogP contribution is -2.20. The summed E-state index contributed by atoms with van der Waals surface area (Å²) < 4.78 is 0. The molecule has 0 radical (unpaired) electrons. The highest BCUT2D eigenvalue weighted by atomic mass is 32.2. The van der Waals surface area contributed by atoms with Crippen LogP contribution >= 0.6 is 23.1 Å². The summed E-state index contributed by atoms with van der Waals surface area (Å²) in [5.74, 6) is 0.0623. The number of thiophene rings is 1. The Labute approximate surface area is 116 Å². The fourth-order valence-corrected chi connectivity index (χ4v) is 3.02. The predicted octanol–water partition coefficient (Wildman–Crippen LogP) is 3.84. The molecule has 1 amide bonds. The number of thioether (sulfide) groups is 1. The molecule has 0 aliphatic rings. The number of benzene rings is 1. The van der Waals surface area contributed by atoms with E-state index in [2.05, 4.69) is 24.5 Å². The van der Waals surface area contributed by atoms with E-state index in [-0.39, 0.29) is 5.91 Å². The van der Waals surface area contributed by atoms with Crippen LogP contribution in [0.5, 0.6) is 0 Å². The third kappa shape index (κ3) is 2.76. The van der Waals surface area contributed by atoms with Gasteiger partial charge in [-0.05, 0) is 41.0 Å². The number of carbonyl (C=O) groups is 1. The molecule has 0 unspecified atom stereocenters. The standard InChI is InChI=1S/C14H15NOS2/c1-15(2)14(16)13-8-11(9-18-13)10-5-4-6-12(7-10)17-3/h4-9H,1-3H3. The maximum Gasteiger partial charge on any atom is 0.263 e. The zero-order chi connectivity index (χ0) is 13.1. The van der Waals surface area contributed by atoms with Gasteiger partial charge in [0.05, 0.1) is 4.88 Å². The molecule has 1 heterocycles. The second-order valence-corrected chi connectivity index (χ2v) is 5.92. The maximum absolute atomic E-state index is 11.8. The number of rotatable bonds is 3. The molecule has 0 spiro atoms. The molecule has 0 saturated heterocycles. The molecular weight excluding hydrogens is 262 g/mol. The average Bonchev–Trinajstić information content (AvgIpc) is 2.87. The molecule has 94 valence electrons. The van der Waals surface area contributed by atoms with E-state index in [0.717, 1.165) is 16.0 Å². The number of amides is 1. The Hall–Kier alpha value is -1.26.